The van der Waals surface area contributed by atoms with Gasteiger partial charge in [-0.05, 0) is 58.8 Å². The summed E-state index contributed by atoms with van der Waals surface area (Å²) in [4.78, 5) is 2.51. The van der Waals surface area contributed by atoms with Gasteiger partial charge in [0.15, 0.2) is 0 Å². The second-order valence-corrected chi connectivity index (χ2v) is 6.51. The van der Waals surface area contributed by atoms with Crippen molar-refractivity contribution in [2.24, 2.45) is 5.41 Å². The molecule has 2 atom stereocenters. The van der Waals surface area contributed by atoms with Crippen LogP contribution in [0.1, 0.15) is 59.3 Å². The topological polar surface area (TPSA) is 24.5 Å². The van der Waals surface area contributed by atoms with Gasteiger partial charge in [-0.1, -0.05) is 26.7 Å². The predicted molar refractivity (Wildman–Crippen MR) is 85.1 cm³/mol. The third kappa shape index (κ3) is 3.37. The van der Waals surface area contributed by atoms with Gasteiger partial charge in [-0.2, -0.15) is 0 Å². The highest BCUT2D eigenvalue weighted by Gasteiger charge is 2.56. The Balaban J connectivity index is 1.71. The fraction of sp³-hybridized carbons (Fsp3) is 1.00. The molecule has 2 saturated carbocycles. The fourth-order valence-electron chi connectivity index (χ4n) is 4.29. The van der Waals surface area contributed by atoms with Crippen molar-refractivity contribution in [1.29, 1.82) is 0 Å². The van der Waals surface area contributed by atoms with Crippen LogP contribution in [-0.2, 0) is 4.74 Å². The summed E-state index contributed by atoms with van der Waals surface area (Å²) in [6.45, 7) is 12.3. The molecule has 2 rings (SSSR count). The molecule has 0 aromatic carbocycles. The predicted octanol–water partition coefficient (Wildman–Crippen LogP) is 3.05. The van der Waals surface area contributed by atoms with E-state index in [9.17, 15) is 0 Å². The molecular weight excluding hydrogens is 248 g/mol. The van der Waals surface area contributed by atoms with Crippen LogP contribution in [0.3, 0.4) is 0 Å². The molecule has 3 heteroatoms. The average Bonchev–Trinajstić information content (AvgIpc) is 2.97. The van der Waals surface area contributed by atoms with Crippen LogP contribution in [0, 0.1) is 5.41 Å². The second kappa shape index (κ2) is 7.77. The van der Waals surface area contributed by atoms with Gasteiger partial charge < -0.3 is 15.0 Å². The van der Waals surface area contributed by atoms with E-state index < -0.39 is 0 Å². The fourth-order valence-corrected chi connectivity index (χ4v) is 4.29. The van der Waals surface area contributed by atoms with Crippen LogP contribution < -0.4 is 5.32 Å². The molecule has 0 bridgehead atoms. The molecule has 0 radical (unpaired) electrons. The monoisotopic (exact) mass is 282 g/mol. The molecule has 0 aliphatic heterocycles. The Bertz CT molecular complexity index is 272. The zero-order chi connectivity index (χ0) is 14.4. The average molecular weight is 282 g/mol. The van der Waals surface area contributed by atoms with Gasteiger partial charge in [-0.3, -0.25) is 0 Å². The maximum Gasteiger partial charge on any atom is 0.0661 e. The van der Waals surface area contributed by atoms with Crippen molar-refractivity contribution < 1.29 is 4.74 Å². The molecule has 0 amide bonds. The van der Waals surface area contributed by atoms with E-state index in [0.29, 0.717) is 11.5 Å². The third-order valence-electron chi connectivity index (χ3n) is 5.62. The van der Waals surface area contributed by atoms with Gasteiger partial charge in [0.1, 0.15) is 0 Å². The van der Waals surface area contributed by atoms with E-state index >= 15 is 0 Å². The Labute approximate surface area is 125 Å². The maximum absolute atomic E-state index is 5.98. The summed E-state index contributed by atoms with van der Waals surface area (Å²) in [5, 5.41) is 3.84. The van der Waals surface area contributed by atoms with Crippen molar-refractivity contribution in [3.8, 4) is 0 Å². The summed E-state index contributed by atoms with van der Waals surface area (Å²) in [5.41, 5.74) is 0.491. The molecule has 2 unspecified atom stereocenters. The lowest BCUT2D eigenvalue weighted by Crippen LogP contribution is -2.62. The van der Waals surface area contributed by atoms with Gasteiger partial charge in [-0.25, -0.2) is 0 Å². The van der Waals surface area contributed by atoms with Crippen molar-refractivity contribution in [3.63, 3.8) is 0 Å². The molecule has 118 valence electrons. The molecule has 0 heterocycles. The van der Waals surface area contributed by atoms with E-state index in [2.05, 4.69) is 31.0 Å². The maximum atomic E-state index is 5.98. The number of nitrogens with one attached hydrogen (secondary N) is 1. The van der Waals surface area contributed by atoms with Gasteiger partial charge in [0, 0.05) is 18.1 Å². The molecule has 0 saturated heterocycles. The van der Waals surface area contributed by atoms with E-state index in [1.54, 1.807) is 0 Å². The first kappa shape index (κ1) is 16.3. The Morgan fingerprint density at radius 1 is 1.15 bits per heavy atom. The van der Waals surface area contributed by atoms with Crippen LogP contribution >= 0.6 is 0 Å². The molecule has 2 fully saturated rings. The summed E-state index contributed by atoms with van der Waals surface area (Å²) in [7, 11) is 0. The summed E-state index contributed by atoms with van der Waals surface area (Å²) in [5.74, 6) is 0. The lowest BCUT2D eigenvalue weighted by molar-refractivity contribution is -0.130. The molecule has 2 aliphatic rings. The Morgan fingerprint density at radius 2 is 1.85 bits per heavy atom. The Morgan fingerprint density at radius 3 is 2.45 bits per heavy atom. The molecule has 1 spiro atoms. The molecule has 1 N–H and O–H groups in total. The normalized spacial score (nSPS) is 28.2. The van der Waals surface area contributed by atoms with Gasteiger partial charge in [-0.15, -0.1) is 0 Å². The quantitative estimate of drug-likeness (QED) is 0.658. The second-order valence-electron chi connectivity index (χ2n) is 6.51. The largest absolute Gasteiger partial charge is 0.378 e. The minimum Gasteiger partial charge on any atom is -0.378 e. The lowest BCUT2D eigenvalue weighted by atomic mass is 9.60. The zero-order valence-electron chi connectivity index (χ0n) is 13.8. The third-order valence-corrected chi connectivity index (χ3v) is 5.62. The smallest absolute Gasteiger partial charge is 0.0661 e. The highest BCUT2D eigenvalue weighted by atomic mass is 16.5. The van der Waals surface area contributed by atoms with Gasteiger partial charge >= 0.3 is 0 Å². The molecular formula is C17H34N2O. The minimum absolute atomic E-state index is 0.491. The van der Waals surface area contributed by atoms with Crippen LogP contribution in [0.25, 0.3) is 0 Å². The van der Waals surface area contributed by atoms with Gasteiger partial charge in [0.2, 0.25) is 0 Å². The SMILES string of the molecule is CCOC1CC(NCCCN(CC)CC)C12CCCC2. The summed E-state index contributed by atoms with van der Waals surface area (Å²) in [6.07, 6.45) is 8.61. The van der Waals surface area contributed by atoms with Crippen molar-refractivity contribution in [1.82, 2.24) is 10.2 Å². The number of rotatable bonds is 9. The van der Waals surface area contributed by atoms with Crippen LogP contribution in [0.5, 0.6) is 0 Å². The highest BCUT2D eigenvalue weighted by molar-refractivity contribution is 5.09. The standard InChI is InChI=1S/C17H34N2O/c1-4-19(5-2)13-9-12-18-15-14-16(20-6-3)17(15)10-7-8-11-17/h15-16,18H,4-14H2,1-3H3. The summed E-state index contributed by atoms with van der Waals surface area (Å²) >= 11 is 0. The number of nitrogens with zero attached hydrogens (tertiary/aromatic N) is 1. The van der Waals surface area contributed by atoms with Crippen molar-refractivity contribution >= 4 is 0 Å². The Kier molecular flexibility index (Phi) is 6.31. The summed E-state index contributed by atoms with van der Waals surface area (Å²) in [6, 6.07) is 0.721. The van der Waals surface area contributed by atoms with Crippen molar-refractivity contribution in [3.05, 3.63) is 0 Å². The van der Waals surface area contributed by atoms with E-state index in [1.165, 1.54) is 64.7 Å². The van der Waals surface area contributed by atoms with E-state index in [1.807, 2.05) is 0 Å². The van der Waals surface area contributed by atoms with Crippen LogP contribution in [0.15, 0.2) is 0 Å². The minimum atomic E-state index is 0.491. The number of hydrogen-bond donors (Lipinski definition) is 1. The lowest BCUT2D eigenvalue weighted by Gasteiger charge is -2.54. The molecule has 0 aromatic rings. The first-order valence-electron chi connectivity index (χ1n) is 8.84. The van der Waals surface area contributed by atoms with E-state index in [4.69, 9.17) is 4.74 Å². The molecule has 0 aromatic heterocycles. The molecule has 3 nitrogen and oxygen atoms in total. The van der Waals surface area contributed by atoms with Crippen LogP contribution in [0.4, 0.5) is 0 Å². The first-order chi connectivity index (χ1) is 9.76. The molecule has 2 aliphatic carbocycles. The first-order valence-corrected chi connectivity index (χ1v) is 8.84. The van der Waals surface area contributed by atoms with Crippen LogP contribution in [0.2, 0.25) is 0 Å². The Hall–Kier alpha value is -0.120. The number of ether oxygens (including phenoxy) is 1. The molecule has 20 heavy (non-hydrogen) atoms. The van der Waals surface area contributed by atoms with E-state index in [0.717, 1.165) is 12.6 Å². The van der Waals surface area contributed by atoms with Crippen LogP contribution in [-0.4, -0.2) is 49.8 Å². The van der Waals surface area contributed by atoms with E-state index in [-0.39, 0.29) is 0 Å². The van der Waals surface area contributed by atoms with Crippen molar-refractivity contribution in [2.45, 2.75) is 71.4 Å². The zero-order valence-corrected chi connectivity index (χ0v) is 13.8. The highest BCUT2D eigenvalue weighted by Crippen LogP contribution is 2.54. The van der Waals surface area contributed by atoms with Gasteiger partial charge in [0.25, 0.3) is 0 Å². The van der Waals surface area contributed by atoms with Gasteiger partial charge in [0.05, 0.1) is 6.10 Å². The van der Waals surface area contributed by atoms with Crippen molar-refractivity contribution in [2.75, 3.05) is 32.8 Å². The summed E-state index contributed by atoms with van der Waals surface area (Å²) < 4.78 is 5.98. The number of hydrogen-bond acceptors (Lipinski definition) is 3.